The van der Waals surface area contributed by atoms with Crippen molar-refractivity contribution in [2.24, 2.45) is 5.73 Å². The summed E-state index contributed by atoms with van der Waals surface area (Å²) in [6, 6.07) is 9.84. The molecule has 0 spiro atoms. The zero-order valence-electron chi connectivity index (χ0n) is 13.0. The van der Waals surface area contributed by atoms with E-state index >= 15 is 0 Å². The molecule has 0 aliphatic rings. The van der Waals surface area contributed by atoms with Gasteiger partial charge in [0.15, 0.2) is 0 Å². The maximum Gasteiger partial charge on any atom is 0.119 e. The normalized spacial score (nSPS) is 11.6. The molecule has 2 aromatic rings. The smallest absolute Gasteiger partial charge is 0.119 e. The van der Waals surface area contributed by atoms with Crippen molar-refractivity contribution in [2.45, 2.75) is 45.7 Å². The highest BCUT2D eigenvalue weighted by Gasteiger charge is 2.24. The number of nitrogens with zero attached hydrogens (tertiary/aromatic N) is 3. The van der Waals surface area contributed by atoms with Gasteiger partial charge in [0.2, 0.25) is 0 Å². The van der Waals surface area contributed by atoms with Crippen LogP contribution in [0, 0.1) is 0 Å². The first kappa shape index (κ1) is 15.5. The number of hydrogen-bond acceptors (Lipinski definition) is 4. The van der Waals surface area contributed by atoms with Crippen molar-refractivity contribution in [3.63, 3.8) is 0 Å². The van der Waals surface area contributed by atoms with E-state index in [1.165, 1.54) is 0 Å². The molecule has 0 amide bonds. The van der Waals surface area contributed by atoms with E-state index in [4.69, 9.17) is 10.5 Å². The monoisotopic (exact) mass is 288 g/mol. The second kappa shape index (κ2) is 6.72. The fourth-order valence-electron chi connectivity index (χ4n) is 2.38. The van der Waals surface area contributed by atoms with Crippen molar-refractivity contribution in [3.05, 3.63) is 41.7 Å². The van der Waals surface area contributed by atoms with E-state index in [1.54, 1.807) is 0 Å². The van der Waals surface area contributed by atoms with Gasteiger partial charge in [0, 0.05) is 24.9 Å². The van der Waals surface area contributed by atoms with Gasteiger partial charge >= 0.3 is 0 Å². The number of aryl methyl sites for hydroxylation is 1. The number of rotatable bonds is 6. The third kappa shape index (κ3) is 4.04. The number of hydrogen-bond donors (Lipinski definition) is 1. The molecule has 114 valence electrons. The maximum absolute atomic E-state index is 5.75. The summed E-state index contributed by atoms with van der Waals surface area (Å²) in [6.45, 7) is 8.33. The summed E-state index contributed by atoms with van der Waals surface area (Å²) < 4.78 is 7.66. The first-order valence-electron chi connectivity index (χ1n) is 7.33. The fourth-order valence-corrected chi connectivity index (χ4v) is 2.38. The topological polar surface area (TPSA) is 66.0 Å². The molecule has 0 saturated carbocycles. The Kier molecular flexibility index (Phi) is 4.96. The molecule has 0 saturated heterocycles. The molecule has 2 rings (SSSR count). The number of ether oxygens (including phenoxy) is 1. The number of nitrogens with two attached hydrogens (primary N) is 1. The Morgan fingerprint density at radius 3 is 2.52 bits per heavy atom. The van der Waals surface area contributed by atoms with Crippen LogP contribution >= 0.6 is 0 Å². The summed E-state index contributed by atoms with van der Waals surface area (Å²) in [7, 11) is 0. The van der Waals surface area contributed by atoms with Crippen LogP contribution in [-0.2, 0) is 18.5 Å². The minimum atomic E-state index is -0.0154. The van der Waals surface area contributed by atoms with E-state index in [0.29, 0.717) is 13.2 Å². The standard InChI is InChI=1S/C16H24N4O/c1-16(2,3)15-14(12-17)18-19-20(15)10-7-11-21-13-8-5-4-6-9-13/h4-6,8-9H,7,10-12,17H2,1-3H3. The molecular formula is C16H24N4O. The lowest BCUT2D eigenvalue weighted by Crippen LogP contribution is -2.22. The van der Waals surface area contributed by atoms with E-state index in [1.807, 2.05) is 35.0 Å². The van der Waals surface area contributed by atoms with Crippen LogP contribution in [0.4, 0.5) is 0 Å². The highest BCUT2D eigenvalue weighted by atomic mass is 16.5. The van der Waals surface area contributed by atoms with Gasteiger partial charge in [0.25, 0.3) is 0 Å². The molecule has 0 unspecified atom stereocenters. The Morgan fingerprint density at radius 1 is 1.19 bits per heavy atom. The zero-order chi connectivity index (χ0) is 15.3. The average molecular weight is 288 g/mol. The highest BCUT2D eigenvalue weighted by molar-refractivity contribution is 5.21. The third-order valence-electron chi connectivity index (χ3n) is 3.23. The van der Waals surface area contributed by atoms with Crippen molar-refractivity contribution in [2.75, 3.05) is 6.61 Å². The second-order valence-corrected chi connectivity index (χ2v) is 6.08. The molecule has 1 heterocycles. The third-order valence-corrected chi connectivity index (χ3v) is 3.23. The van der Waals surface area contributed by atoms with Gasteiger partial charge in [-0.3, -0.25) is 0 Å². The molecule has 0 fully saturated rings. The van der Waals surface area contributed by atoms with Crippen molar-refractivity contribution in [3.8, 4) is 5.75 Å². The van der Waals surface area contributed by atoms with Crippen LogP contribution in [0.2, 0.25) is 0 Å². The van der Waals surface area contributed by atoms with Crippen LogP contribution in [0.25, 0.3) is 0 Å². The lowest BCUT2D eigenvalue weighted by Gasteiger charge is -2.21. The minimum Gasteiger partial charge on any atom is -0.494 e. The molecule has 0 atom stereocenters. The summed E-state index contributed by atoms with van der Waals surface area (Å²) in [5.41, 5.74) is 7.73. The Hall–Kier alpha value is -1.88. The number of aromatic nitrogens is 3. The molecule has 21 heavy (non-hydrogen) atoms. The Labute approximate surface area is 126 Å². The van der Waals surface area contributed by atoms with Gasteiger partial charge < -0.3 is 10.5 Å². The minimum absolute atomic E-state index is 0.0154. The molecule has 5 heteroatoms. The summed E-state index contributed by atoms with van der Waals surface area (Å²) in [5.74, 6) is 0.898. The summed E-state index contributed by atoms with van der Waals surface area (Å²) in [6.07, 6.45) is 0.880. The van der Waals surface area contributed by atoms with Crippen molar-refractivity contribution in [1.82, 2.24) is 15.0 Å². The highest BCUT2D eigenvalue weighted by Crippen LogP contribution is 2.24. The second-order valence-electron chi connectivity index (χ2n) is 6.08. The molecule has 0 bridgehead atoms. The fraction of sp³-hybridized carbons (Fsp3) is 0.500. The zero-order valence-corrected chi connectivity index (χ0v) is 13.0. The molecule has 1 aromatic heterocycles. The Balaban J connectivity index is 1.93. The van der Waals surface area contributed by atoms with Crippen molar-refractivity contribution < 1.29 is 4.74 Å². The van der Waals surface area contributed by atoms with Crippen LogP contribution in [0.1, 0.15) is 38.6 Å². The first-order chi connectivity index (χ1) is 10.0. The largest absolute Gasteiger partial charge is 0.494 e. The summed E-state index contributed by atoms with van der Waals surface area (Å²) in [4.78, 5) is 0. The Bertz CT molecular complexity index is 557. The van der Waals surface area contributed by atoms with Crippen molar-refractivity contribution in [1.29, 1.82) is 0 Å². The average Bonchev–Trinajstić information content (AvgIpc) is 2.88. The van der Waals surface area contributed by atoms with Crippen LogP contribution in [0.15, 0.2) is 30.3 Å². The first-order valence-corrected chi connectivity index (χ1v) is 7.33. The lowest BCUT2D eigenvalue weighted by atomic mass is 9.90. The maximum atomic E-state index is 5.75. The van der Waals surface area contributed by atoms with Gasteiger partial charge in [-0.2, -0.15) is 0 Å². The van der Waals surface area contributed by atoms with E-state index in [-0.39, 0.29) is 5.41 Å². The van der Waals surface area contributed by atoms with E-state index < -0.39 is 0 Å². The lowest BCUT2D eigenvalue weighted by molar-refractivity contribution is 0.295. The van der Waals surface area contributed by atoms with Crippen molar-refractivity contribution >= 4 is 0 Å². The van der Waals surface area contributed by atoms with E-state index in [0.717, 1.165) is 30.1 Å². The van der Waals surface area contributed by atoms with Crippen LogP contribution < -0.4 is 10.5 Å². The predicted molar refractivity (Wildman–Crippen MR) is 83.2 cm³/mol. The SMILES string of the molecule is CC(C)(C)c1c(CN)nnn1CCCOc1ccccc1. The van der Waals surface area contributed by atoms with Gasteiger partial charge in [-0.05, 0) is 12.1 Å². The molecule has 5 nitrogen and oxygen atoms in total. The van der Waals surface area contributed by atoms with Crippen LogP contribution in [0.3, 0.4) is 0 Å². The predicted octanol–water partition coefficient (Wildman–Crippen LogP) is 2.50. The summed E-state index contributed by atoms with van der Waals surface area (Å²) >= 11 is 0. The molecule has 0 aliphatic carbocycles. The van der Waals surface area contributed by atoms with Crippen LogP contribution in [0.5, 0.6) is 5.75 Å². The van der Waals surface area contributed by atoms with E-state index in [2.05, 4.69) is 31.1 Å². The molecule has 1 aromatic carbocycles. The van der Waals surface area contributed by atoms with Gasteiger partial charge in [-0.15, -0.1) is 5.10 Å². The van der Waals surface area contributed by atoms with Gasteiger partial charge in [-0.25, -0.2) is 4.68 Å². The van der Waals surface area contributed by atoms with Gasteiger partial charge in [-0.1, -0.05) is 44.2 Å². The molecular weight excluding hydrogens is 264 g/mol. The van der Waals surface area contributed by atoms with Crippen LogP contribution in [-0.4, -0.2) is 21.6 Å². The van der Waals surface area contributed by atoms with Gasteiger partial charge in [0.1, 0.15) is 5.75 Å². The van der Waals surface area contributed by atoms with E-state index in [9.17, 15) is 0 Å². The molecule has 0 radical (unpaired) electrons. The quantitative estimate of drug-likeness (QED) is 0.829. The summed E-state index contributed by atoms with van der Waals surface area (Å²) in [5, 5.41) is 8.41. The van der Waals surface area contributed by atoms with Gasteiger partial charge in [0.05, 0.1) is 18.0 Å². The number of para-hydroxylation sites is 1. The molecule has 2 N–H and O–H groups in total. The Morgan fingerprint density at radius 2 is 1.90 bits per heavy atom. The number of benzene rings is 1. The molecule has 0 aliphatic heterocycles.